The van der Waals surface area contributed by atoms with Gasteiger partial charge < -0.3 is 4.98 Å². The van der Waals surface area contributed by atoms with Gasteiger partial charge in [-0.2, -0.15) is 10.5 Å². The van der Waals surface area contributed by atoms with Crippen molar-refractivity contribution in [3.05, 3.63) is 47.3 Å². The molecule has 3 nitrogen and oxygen atoms in total. The van der Waals surface area contributed by atoms with Gasteiger partial charge in [0.15, 0.2) is 0 Å². The summed E-state index contributed by atoms with van der Waals surface area (Å²) in [7, 11) is 0. The van der Waals surface area contributed by atoms with Crippen molar-refractivity contribution in [2.24, 2.45) is 0 Å². The van der Waals surface area contributed by atoms with Crippen LogP contribution in [0.15, 0.2) is 30.3 Å². The molecule has 1 N–H and O–H groups in total. The SMILES string of the molecule is N#Cc1ccc(-c2cc(C3CCCCC3)[nH]c2C#N)cc1. The zero-order valence-corrected chi connectivity index (χ0v) is 11.9. The third-order valence-electron chi connectivity index (χ3n) is 4.32. The molecule has 0 saturated heterocycles. The highest BCUT2D eigenvalue weighted by molar-refractivity contribution is 5.70. The number of hydrogen-bond acceptors (Lipinski definition) is 2. The molecular formula is C18H17N3. The Morgan fingerprint density at radius 1 is 0.952 bits per heavy atom. The van der Waals surface area contributed by atoms with Crippen molar-refractivity contribution in [1.82, 2.24) is 4.98 Å². The third kappa shape index (κ3) is 2.69. The zero-order chi connectivity index (χ0) is 14.7. The van der Waals surface area contributed by atoms with E-state index in [-0.39, 0.29) is 0 Å². The largest absolute Gasteiger partial charge is 0.350 e. The van der Waals surface area contributed by atoms with Gasteiger partial charge in [0.05, 0.1) is 11.6 Å². The first-order valence-corrected chi connectivity index (χ1v) is 7.45. The molecule has 1 fully saturated rings. The summed E-state index contributed by atoms with van der Waals surface area (Å²) in [6.45, 7) is 0. The van der Waals surface area contributed by atoms with Gasteiger partial charge in [-0.3, -0.25) is 0 Å². The Labute approximate surface area is 124 Å². The number of benzene rings is 1. The number of nitrogens with one attached hydrogen (secondary N) is 1. The van der Waals surface area contributed by atoms with Gasteiger partial charge in [0, 0.05) is 11.3 Å². The van der Waals surface area contributed by atoms with E-state index in [1.54, 1.807) is 12.1 Å². The first-order valence-electron chi connectivity index (χ1n) is 7.45. The lowest BCUT2D eigenvalue weighted by Crippen LogP contribution is -2.04. The van der Waals surface area contributed by atoms with Crippen molar-refractivity contribution in [2.75, 3.05) is 0 Å². The van der Waals surface area contributed by atoms with Crippen LogP contribution >= 0.6 is 0 Å². The predicted octanol–water partition coefficient (Wildman–Crippen LogP) is 4.47. The lowest BCUT2D eigenvalue weighted by Gasteiger charge is -2.20. The van der Waals surface area contributed by atoms with Crippen molar-refractivity contribution in [3.8, 4) is 23.3 Å². The average Bonchev–Trinajstić information content (AvgIpc) is 3.00. The van der Waals surface area contributed by atoms with E-state index in [0.29, 0.717) is 17.2 Å². The number of hydrogen-bond donors (Lipinski definition) is 1. The molecular weight excluding hydrogens is 258 g/mol. The van der Waals surface area contributed by atoms with E-state index in [1.807, 2.05) is 12.1 Å². The van der Waals surface area contributed by atoms with Crippen molar-refractivity contribution < 1.29 is 0 Å². The predicted molar refractivity (Wildman–Crippen MR) is 81.5 cm³/mol. The zero-order valence-electron chi connectivity index (χ0n) is 11.9. The second-order valence-electron chi connectivity index (χ2n) is 5.65. The summed E-state index contributed by atoms with van der Waals surface area (Å²) in [5, 5.41) is 18.2. The summed E-state index contributed by atoms with van der Waals surface area (Å²) in [6, 6.07) is 13.9. The van der Waals surface area contributed by atoms with E-state index in [4.69, 9.17) is 5.26 Å². The van der Waals surface area contributed by atoms with E-state index in [1.165, 1.54) is 37.8 Å². The van der Waals surface area contributed by atoms with Crippen LogP contribution < -0.4 is 0 Å². The minimum atomic E-state index is 0.554. The molecule has 0 amide bonds. The molecule has 21 heavy (non-hydrogen) atoms. The van der Waals surface area contributed by atoms with Crippen LogP contribution in [-0.4, -0.2) is 4.98 Å². The van der Waals surface area contributed by atoms with Crippen LogP contribution in [0.5, 0.6) is 0 Å². The normalized spacial score (nSPS) is 15.3. The summed E-state index contributed by atoms with van der Waals surface area (Å²) in [6.07, 6.45) is 6.29. The van der Waals surface area contributed by atoms with Crippen LogP contribution in [0.25, 0.3) is 11.1 Å². The highest BCUT2D eigenvalue weighted by atomic mass is 14.7. The Morgan fingerprint density at radius 2 is 1.67 bits per heavy atom. The van der Waals surface area contributed by atoms with Crippen molar-refractivity contribution in [1.29, 1.82) is 10.5 Å². The standard InChI is InChI=1S/C18H17N3/c19-11-13-6-8-14(9-7-13)16-10-17(21-18(16)12-20)15-4-2-1-3-5-15/h6-10,15,21H,1-5H2. The van der Waals surface area contributed by atoms with Gasteiger partial charge >= 0.3 is 0 Å². The molecule has 0 aliphatic heterocycles. The van der Waals surface area contributed by atoms with Crippen LogP contribution in [0, 0.1) is 22.7 Å². The number of H-pyrrole nitrogens is 1. The fourth-order valence-electron chi connectivity index (χ4n) is 3.15. The lowest BCUT2D eigenvalue weighted by atomic mass is 9.87. The lowest BCUT2D eigenvalue weighted by molar-refractivity contribution is 0.438. The molecule has 2 aromatic rings. The highest BCUT2D eigenvalue weighted by Gasteiger charge is 2.19. The second-order valence-corrected chi connectivity index (χ2v) is 5.65. The Kier molecular flexibility index (Phi) is 3.75. The average molecular weight is 275 g/mol. The fraction of sp³-hybridized carbons (Fsp3) is 0.333. The minimum absolute atomic E-state index is 0.554. The molecule has 1 aliphatic carbocycles. The summed E-state index contributed by atoms with van der Waals surface area (Å²) < 4.78 is 0. The van der Waals surface area contributed by atoms with Crippen LogP contribution in [0.2, 0.25) is 0 Å². The molecule has 1 saturated carbocycles. The minimum Gasteiger partial charge on any atom is -0.350 e. The monoisotopic (exact) mass is 275 g/mol. The molecule has 1 heterocycles. The Hall–Kier alpha value is -2.52. The fourth-order valence-corrected chi connectivity index (χ4v) is 3.15. The maximum atomic E-state index is 9.36. The summed E-state index contributed by atoms with van der Waals surface area (Å²) in [4.78, 5) is 3.30. The van der Waals surface area contributed by atoms with E-state index in [9.17, 15) is 5.26 Å². The Morgan fingerprint density at radius 3 is 2.29 bits per heavy atom. The molecule has 0 atom stereocenters. The highest BCUT2D eigenvalue weighted by Crippen LogP contribution is 2.35. The van der Waals surface area contributed by atoms with Crippen molar-refractivity contribution in [3.63, 3.8) is 0 Å². The van der Waals surface area contributed by atoms with Crippen molar-refractivity contribution >= 4 is 0 Å². The van der Waals surface area contributed by atoms with Crippen LogP contribution in [0.4, 0.5) is 0 Å². The first-order chi connectivity index (χ1) is 10.3. The van der Waals surface area contributed by atoms with E-state index >= 15 is 0 Å². The van der Waals surface area contributed by atoms with Gasteiger partial charge in [-0.25, -0.2) is 0 Å². The molecule has 3 heteroatoms. The number of nitriles is 2. The topological polar surface area (TPSA) is 63.4 Å². The molecule has 3 rings (SSSR count). The van der Waals surface area contributed by atoms with Gasteiger partial charge in [-0.1, -0.05) is 31.4 Å². The third-order valence-corrected chi connectivity index (χ3v) is 4.32. The van der Waals surface area contributed by atoms with Crippen LogP contribution in [0.1, 0.15) is 55.0 Å². The molecule has 104 valence electrons. The first kappa shape index (κ1) is 13.5. The molecule has 1 aliphatic rings. The summed E-state index contributed by atoms with van der Waals surface area (Å²) in [5.74, 6) is 0.554. The van der Waals surface area contributed by atoms with Gasteiger partial charge in [0.1, 0.15) is 11.8 Å². The number of aromatic nitrogens is 1. The summed E-state index contributed by atoms with van der Waals surface area (Å²) in [5.41, 5.74) is 4.39. The quantitative estimate of drug-likeness (QED) is 0.878. The Bertz CT molecular complexity index is 704. The molecule has 1 aromatic heterocycles. The van der Waals surface area contributed by atoms with Gasteiger partial charge in [0.2, 0.25) is 0 Å². The van der Waals surface area contributed by atoms with E-state index in [0.717, 1.165) is 11.1 Å². The number of aromatic amines is 1. The number of nitrogens with zero attached hydrogens (tertiary/aromatic N) is 2. The maximum absolute atomic E-state index is 9.36. The van der Waals surface area contributed by atoms with Crippen molar-refractivity contribution in [2.45, 2.75) is 38.0 Å². The maximum Gasteiger partial charge on any atom is 0.125 e. The molecule has 0 spiro atoms. The molecule has 1 aromatic carbocycles. The Balaban J connectivity index is 1.96. The number of rotatable bonds is 2. The van der Waals surface area contributed by atoms with Gasteiger partial charge in [-0.15, -0.1) is 0 Å². The molecule has 0 bridgehead atoms. The van der Waals surface area contributed by atoms with Crippen LogP contribution in [-0.2, 0) is 0 Å². The van der Waals surface area contributed by atoms with Crippen LogP contribution in [0.3, 0.4) is 0 Å². The smallest absolute Gasteiger partial charge is 0.125 e. The molecule has 0 unspecified atom stereocenters. The van der Waals surface area contributed by atoms with Gasteiger partial charge in [0.25, 0.3) is 0 Å². The van der Waals surface area contributed by atoms with Gasteiger partial charge in [-0.05, 0) is 42.5 Å². The summed E-state index contributed by atoms with van der Waals surface area (Å²) >= 11 is 0. The molecule has 0 radical (unpaired) electrons. The van der Waals surface area contributed by atoms with E-state index < -0.39 is 0 Å². The van der Waals surface area contributed by atoms with E-state index in [2.05, 4.69) is 23.2 Å². The second kappa shape index (κ2) is 5.85.